The summed E-state index contributed by atoms with van der Waals surface area (Å²) in [6, 6.07) is 7.32. The van der Waals surface area contributed by atoms with E-state index in [0.29, 0.717) is 5.56 Å². The number of hydrogen-bond donors (Lipinski definition) is 1. The average molecular weight is 271 g/mol. The second kappa shape index (κ2) is 5.37. The molecule has 2 aromatic rings. The summed E-state index contributed by atoms with van der Waals surface area (Å²) >= 11 is 0. The monoisotopic (exact) mass is 271 g/mol. The fourth-order valence-electron chi connectivity index (χ4n) is 3.15. The van der Waals surface area contributed by atoms with Crippen molar-refractivity contribution in [2.75, 3.05) is 0 Å². The number of halogens is 1. The van der Waals surface area contributed by atoms with Gasteiger partial charge < -0.3 is 5.73 Å². The Morgan fingerprint density at radius 2 is 1.15 bits per heavy atom. The highest BCUT2D eigenvalue weighted by molar-refractivity contribution is 5.46. The third-order valence-electron chi connectivity index (χ3n) is 3.84. The van der Waals surface area contributed by atoms with Crippen LogP contribution in [0.25, 0.3) is 0 Å². The number of rotatable bonds is 2. The lowest BCUT2D eigenvalue weighted by atomic mass is 9.88. The Morgan fingerprint density at radius 3 is 1.60 bits per heavy atom. The van der Waals surface area contributed by atoms with Crippen molar-refractivity contribution < 1.29 is 4.39 Å². The quantitative estimate of drug-likeness (QED) is 0.860. The van der Waals surface area contributed by atoms with Gasteiger partial charge in [0, 0.05) is 5.56 Å². The zero-order chi connectivity index (χ0) is 15.0. The highest BCUT2D eigenvalue weighted by Gasteiger charge is 2.20. The summed E-state index contributed by atoms with van der Waals surface area (Å²) in [4.78, 5) is 0. The van der Waals surface area contributed by atoms with Crippen LogP contribution in [0.15, 0.2) is 24.3 Å². The standard InChI is InChI=1S/C18H22FN/c1-10-6-12(3)16(13(4)7-10)18(20)17-14(5)8-11(2)9-15(17)19/h6-9,18H,20H2,1-5H3. The van der Waals surface area contributed by atoms with Gasteiger partial charge in [-0.05, 0) is 68.5 Å². The Morgan fingerprint density at radius 1 is 0.750 bits per heavy atom. The second-order valence-electron chi connectivity index (χ2n) is 5.77. The number of hydrogen-bond acceptors (Lipinski definition) is 1. The third-order valence-corrected chi connectivity index (χ3v) is 3.84. The first-order valence-electron chi connectivity index (χ1n) is 6.91. The molecule has 0 aliphatic rings. The van der Waals surface area contributed by atoms with E-state index >= 15 is 0 Å². The minimum atomic E-state index is -0.420. The van der Waals surface area contributed by atoms with Gasteiger partial charge in [0.2, 0.25) is 0 Å². The van der Waals surface area contributed by atoms with E-state index in [9.17, 15) is 4.39 Å². The van der Waals surface area contributed by atoms with Crippen LogP contribution < -0.4 is 5.73 Å². The molecule has 0 fully saturated rings. The van der Waals surface area contributed by atoms with Gasteiger partial charge >= 0.3 is 0 Å². The molecule has 0 radical (unpaired) electrons. The predicted octanol–water partition coefficient (Wildman–Crippen LogP) is 4.42. The van der Waals surface area contributed by atoms with Crippen LogP contribution in [0.5, 0.6) is 0 Å². The van der Waals surface area contributed by atoms with Crippen LogP contribution in [-0.4, -0.2) is 0 Å². The van der Waals surface area contributed by atoms with Gasteiger partial charge in [-0.1, -0.05) is 23.8 Å². The smallest absolute Gasteiger partial charge is 0.128 e. The zero-order valence-corrected chi connectivity index (χ0v) is 12.8. The lowest BCUT2D eigenvalue weighted by Gasteiger charge is -2.21. The minimum Gasteiger partial charge on any atom is -0.320 e. The SMILES string of the molecule is Cc1cc(C)c(C(N)c2c(C)cc(C)cc2F)c(C)c1. The van der Waals surface area contributed by atoms with Crippen molar-refractivity contribution in [2.45, 2.75) is 40.7 Å². The summed E-state index contributed by atoms with van der Waals surface area (Å²) < 4.78 is 14.3. The first kappa shape index (κ1) is 14.7. The molecule has 0 saturated carbocycles. The zero-order valence-electron chi connectivity index (χ0n) is 12.8. The molecule has 2 rings (SSSR count). The summed E-state index contributed by atoms with van der Waals surface area (Å²) in [5.41, 5.74) is 13.3. The maximum Gasteiger partial charge on any atom is 0.128 e. The normalized spacial score (nSPS) is 12.6. The van der Waals surface area contributed by atoms with Gasteiger partial charge in [-0.2, -0.15) is 0 Å². The molecule has 20 heavy (non-hydrogen) atoms. The lowest BCUT2D eigenvalue weighted by Crippen LogP contribution is -2.18. The van der Waals surface area contributed by atoms with E-state index in [1.165, 1.54) is 5.56 Å². The molecule has 0 amide bonds. The van der Waals surface area contributed by atoms with Gasteiger partial charge in [-0.15, -0.1) is 0 Å². The fraction of sp³-hybridized carbons (Fsp3) is 0.333. The summed E-state index contributed by atoms with van der Waals surface area (Å²) in [6.07, 6.45) is 0. The van der Waals surface area contributed by atoms with Crippen LogP contribution >= 0.6 is 0 Å². The van der Waals surface area contributed by atoms with E-state index in [-0.39, 0.29) is 5.82 Å². The molecule has 1 unspecified atom stereocenters. The van der Waals surface area contributed by atoms with Crippen molar-refractivity contribution in [1.29, 1.82) is 0 Å². The lowest BCUT2D eigenvalue weighted by molar-refractivity contribution is 0.595. The number of nitrogens with two attached hydrogens (primary N) is 1. The Labute approximate surface area is 120 Å². The number of benzene rings is 2. The van der Waals surface area contributed by atoms with Gasteiger partial charge in [0.1, 0.15) is 5.82 Å². The van der Waals surface area contributed by atoms with Gasteiger partial charge in [0.15, 0.2) is 0 Å². The molecule has 1 nitrogen and oxygen atoms in total. The Balaban J connectivity index is 2.61. The van der Waals surface area contributed by atoms with E-state index in [2.05, 4.69) is 19.1 Å². The van der Waals surface area contributed by atoms with Crippen LogP contribution in [0.1, 0.15) is 45.0 Å². The first-order chi connectivity index (χ1) is 9.31. The van der Waals surface area contributed by atoms with Crippen LogP contribution in [0, 0.1) is 40.4 Å². The van der Waals surface area contributed by atoms with E-state index in [1.54, 1.807) is 6.07 Å². The molecule has 0 saturated heterocycles. The van der Waals surface area contributed by atoms with E-state index in [1.807, 2.05) is 33.8 Å². The first-order valence-corrected chi connectivity index (χ1v) is 6.91. The molecule has 0 aromatic heterocycles. The number of aryl methyl sites for hydroxylation is 5. The molecular weight excluding hydrogens is 249 g/mol. The molecule has 0 spiro atoms. The summed E-state index contributed by atoms with van der Waals surface area (Å²) in [5.74, 6) is -0.214. The van der Waals surface area contributed by atoms with E-state index in [4.69, 9.17) is 5.73 Å². The summed E-state index contributed by atoms with van der Waals surface area (Å²) in [5, 5.41) is 0. The van der Waals surface area contributed by atoms with Crippen molar-refractivity contribution >= 4 is 0 Å². The van der Waals surface area contributed by atoms with Crippen LogP contribution in [0.3, 0.4) is 0 Å². The molecule has 106 valence electrons. The molecule has 0 aliphatic carbocycles. The summed E-state index contributed by atoms with van der Waals surface area (Å²) in [6.45, 7) is 9.96. The van der Waals surface area contributed by atoms with E-state index in [0.717, 1.165) is 27.8 Å². The van der Waals surface area contributed by atoms with Crippen molar-refractivity contribution in [3.8, 4) is 0 Å². The predicted molar refractivity (Wildman–Crippen MR) is 82.6 cm³/mol. The maximum atomic E-state index is 14.3. The van der Waals surface area contributed by atoms with Crippen molar-refractivity contribution in [3.05, 3.63) is 69.0 Å². The molecule has 2 heteroatoms. The maximum absolute atomic E-state index is 14.3. The highest BCUT2D eigenvalue weighted by Crippen LogP contribution is 2.31. The largest absolute Gasteiger partial charge is 0.320 e. The van der Waals surface area contributed by atoms with Crippen molar-refractivity contribution in [3.63, 3.8) is 0 Å². The fourth-order valence-corrected chi connectivity index (χ4v) is 3.15. The van der Waals surface area contributed by atoms with Crippen LogP contribution in [0.2, 0.25) is 0 Å². The topological polar surface area (TPSA) is 26.0 Å². The molecule has 0 heterocycles. The van der Waals surface area contributed by atoms with Crippen LogP contribution in [0.4, 0.5) is 4.39 Å². The van der Waals surface area contributed by atoms with Crippen molar-refractivity contribution in [1.82, 2.24) is 0 Å². The molecule has 1 atom stereocenters. The van der Waals surface area contributed by atoms with Gasteiger partial charge in [0.25, 0.3) is 0 Å². The van der Waals surface area contributed by atoms with Gasteiger partial charge in [-0.25, -0.2) is 4.39 Å². The molecule has 2 N–H and O–H groups in total. The van der Waals surface area contributed by atoms with Gasteiger partial charge in [-0.3, -0.25) is 0 Å². The Hall–Kier alpha value is -1.67. The second-order valence-corrected chi connectivity index (χ2v) is 5.77. The van der Waals surface area contributed by atoms with Gasteiger partial charge in [0.05, 0.1) is 6.04 Å². The third kappa shape index (κ3) is 2.61. The van der Waals surface area contributed by atoms with E-state index < -0.39 is 6.04 Å². The average Bonchev–Trinajstić information content (AvgIpc) is 2.25. The Kier molecular flexibility index (Phi) is 3.96. The molecule has 0 aliphatic heterocycles. The molecule has 0 bridgehead atoms. The molecular formula is C18H22FN. The van der Waals surface area contributed by atoms with Crippen molar-refractivity contribution in [2.24, 2.45) is 5.73 Å². The highest BCUT2D eigenvalue weighted by atomic mass is 19.1. The Bertz CT molecular complexity index is 555. The van der Waals surface area contributed by atoms with Crippen LogP contribution in [-0.2, 0) is 0 Å². The molecule has 2 aromatic carbocycles. The summed E-state index contributed by atoms with van der Waals surface area (Å²) in [7, 11) is 0. The minimum absolute atomic E-state index is 0.214.